The second-order valence-electron chi connectivity index (χ2n) is 1.13. The lowest BCUT2D eigenvalue weighted by atomic mass is 10.6. The monoisotopic (exact) mass is 136 g/mol. The Morgan fingerprint density at radius 3 is 2.86 bits per heavy atom. The Morgan fingerprint density at radius 2 is 2.43 bits per heavy atom. The molecule has 0 fully saturated rings. The standard InChI is InChI=1S/C5H9ClS/c1-2-4-7-5-3-6/h3,5H,2,4H2,1H3. The van der Waals surface area contributed by atoms with Gasteiger partial charge in [-0.05, 0) is 17.6 Å². The van der Waals surface area contributed by atoms with Crippen molar-refractivity contribution in [1.29, 1.82) is 0 Å². The summed E-state index contributed by atoms with van der Waals surface area (Å²) in [4.78, 5) is 0. The van der Waals surface area contributed by atoms with Crippen LogP contribution in [-0.2, 0) is 0 Å². The van der Waals surface area contributed by atoms with Gasteiger partial charge in [0.15, 0.2) is 0 Å². The maximum absolute atomic E-state index is 5.24. The highest BCUT2D eigenvalue weighted by molar-refractivity contribution is 8.02. The maximum Gasteiger partial charge on any atom is 0.0106 e. The fraction of sp³-hybridized carbons (Fsp3) is 0.600. The molecule has 0 aromatic rings. The molecule has 0 heterocycles. The lowest BCUT2D eigenvalue weighted by Crippen LogP contribution is -1.64. The Kier molecular flexibility index (Phi) is 6.73. The summed E-state index contributed by atoms with van der Waals surface area (Å²) in [5, 5.41) is 1.89. The Balaban J connectivity index is 2.69. The summed E-state index contributed by atoms with van der Waals surface area (Å²) in [6.07, 6.45) is 1.21. The molecule has 0 spiro atoms. The molecular weight excluding hydrogens is 128 g/mol. The molecule has 0 saturated carbocycles. The molecule has 7 heavy (non-hydrogen) atoms. The van der Waals surface area contributed by atoms with E-state index in [0.717, 1.165) is 0 Å². The van der Waals surface area contributed by atoms with Crippen molar-refractivity contribution in [3.8, 4) is 0 Å². The predicted octanol–water partition coefficient (Wildman–Crippen LogP) is 2.84. The van der Waals surface area contributed by atoms with Crippen LogP contribution in [0.3, 0.4) is 0 Å². The molecule has 0 aromatic carbocycles. The zero-order chi connectivity index (χ0) is 5.54. The van der Waals surface area contributed by atoms with Crippen LogP contribution in [0.15, 0.2) is 10.9 Å². The number of hydrogen-bond acceptors (Lipinski definition) is 1. The third kappa shape index (κ3) is 6.38. The van der Waals surface area contributed by atoms with Crippen molar-refractivity contribution >= 4 is 23.4 Å². The molecule has 0 radical (unpaired) electrons. The molecule has 42 valence electrons. The molecule has 0 rings (SSSR count). The lowest BCUT2D eigenvalue weighted by Gasteiger charge is -1.83. The first-order valence-corrected chi connectivity index (χ1v) is 3.77. The highest BCUT2D eigenvalue weighted by atomic mass is 35.5. The van der Waals surface area contributed by atoms with Gasteiger partial charge < -0.3 is 0 Å². The van der Waals surface area contributed by atoms with Crippen LogP contribution in [0.5, 0.6) is 0 Å². The summed E-state index contributed by atoms with van der Waals surface area (Å²) in [7, 11) is 0. The van der Waals surface area contributed by atoms with Crippen LogP contribution in [-0.4, -0.2) is 5.75 Å². The van der Waals surface area contributed by atoms with Crippen molar-refractivity contribution < 1.29 is 0 Å². The Morgan fingerprint density at radius 1 is 1.71 bits per heavy atom. The Bertz CT molecular complexity index is 52.0. The van der Waals surface area contributed by atoms with E-state index in [9.17, 15) is 0 Å². The van der Waals surface area contributed by atoms with Gasteiger partial charge >= 0.3 is 0 Å². The molecule has 0 saturated heterocycles. The number of hydrogen-bond donors (Lipinski definition) is 0. The topological polar surface area (TPSA) is 0 Å². The van der Waals surface area contributed by atoms with E-state index in [0.29, 0.717) is 0 Å². The summed E-state index contributed by atoms with van der Waals surface area (Å²) in [6, 6.07) is 0. The van der Waals surface area contributed by atoms with Crippen molar-refractivity contribution in [2.45, 2.75) is 13.3 Å². The van der Waals surface area contributed by atoms with Crippen LogP contribution in [0.2, 0.25) is 0 Å². The zero-order valence-electron chi connectivity index (χ0n) is 4.36. The van der Waals surface area contributed by atoms with Crippen LogP contribution < -0.4 is 0 Å². The molecule has 0 amide bonds. The van der Waals surface area contributed by atoms with Gasteiger partial charge in [-0.15, -0.1) is 11.8 Å². The second-order valence-corrected chi connectivity index (χ2v) is 2.40. The fourth-order valence-electron chi connectivity index (χ4n) is 0.222. The lowest BCUT2D eigenvalue weighted by molar-refractivity contribution is 1.11. The number of thioether (sulfide) groups is 1. The minimum atomic E-state index is 1.17. The molecule has 2 heteroatoms. The van der Waals surface area contributed by atoms with Crippen LogP contribution in [0.1, 0.15) is 13.3 Å². The van der Waals surface area contributed by atoms with Gasteiger partial charge in [-0.1, -0.05) is 18.5 Å². The molecule has 0 aliphatic carbocycles. The first kappa shape index (κ1) is 7.38. The van der Waals surface area contributed by atoms with Gasteiger partial charge in [0, 0.05) is 5.54 Å². The van der Waals surface area contributed by atoms with E-state index in [1.54, 1.807) is 17.3 Å². The second kappa shape index (κ2) is 6.38. The molecule has 0 nitrogen and oxygen atoms in total. The SMILES string of the molecule is CCCSC=CCl. The van der Waals surface area contributed by atoms with Gasteiger partial charge in [-0.2, -0.15) is 0 Å². The van der Waals surface area contributed by atoms with Crippen LogP contribution >= 0.6 is 23.4 Å². The van der Waals surface area contributed by atoms with Crippen molar-refractivity contribution in [1.82, 2.24) is 0 Å². The van der Waals surface area contributed by atoms with Crippen molar-refractivity contribution in [2.24, 2.45) is 0 Å². The highest BCUT2D eigenvalue weighted by Gasteiger charge is 1.73. The van der Waals surface area contributed by atoms with Crippen LogP contribution in [0.4, 0.5) is 0 Å². The quantitative estimate of drug-likeness (QED) is 0.538. The van der Waals surface area contributed by atoms with Crippen LogP contribution in [0, 0.1) is 0 Å². The number of halogens is 1. The Hall–Kier alpha value is 0.380. The molecule has 0 aliphatic rings. The zero-order valence-corrected chi connectivity index (χ0v) is 5.93. The smallest absolute Gasteiger partial charge is 0.0106 e. The fourth-order valence-corrected chi connectivity index (χ4v) is 0.885. The largest absolute Gasteiger partial charge is 0.133 e. The van der Waals surface area contributed by atoms with Gasteiger partial charge in [0.1, 0.15) is 0 Å². The average molecular weight is 137 g/mol. The molecule has 0 N–H and O–H groups in total. The third-order valence-electron chi connectivity index (χ3n) is 0.470. The van der Waals surface area contributed by atoms with Gasteiger partial charge in [-0.3, -0.25) is 0 Å². The van der Waals surface area contributed by atoms with E-state index in [1.165, 1.54) is 12.2 Å². The maximum atomic E-state index is 5.24. The minimum absolute atomic E-state index is 1.17. The summed E-state index contributed by atoms with van der Waals surface area (Å²) in [5.41, 5.74) is 1.54. The van der Waals surface area contributed by atoms with Crippen molar-refractivity contribution in [2.75, 3.05) is 5.75 Å². The van der Waals surface area contributed by atoms with E-state index in [2.05, 4.69) is 6.92 Å². The average Bonchev–Trinajstić information content (AvgIpc) is 1.69. The van der Waals surface area contributed by atoms with E-state index < -0.39 is 0 Å². The van der Waals surface area contributed by atoms with Gasteiger partial charge in [0.25, 0.3) is 0 Å². The summed E-state index contributed by atoms with van der Waals surface area (Å²) in [6.45, 7) is 2.15. The van der Waals surface area contributed by atoms with Crippen molar-refractivity contribution in [3.05, 3.63) is 10.9 Å². The Labute approximate surface area is 53.9 Å². The van der Waals surface area contributed by atoms with E-state index >= 15 is 0 Å². The normalized spacial score (nSPS) is 10.6. The molecular formula is C5H9ClS. The van der Waals surface area contributed by atoms with E-state index in [4.69, 9.17) is 11.6 Å². The van der Waals surface area contributed by atoms with Crippen LogP contribution in [0.25, 0.3) is 0 Å². The molecule has 0 unspecified atom stereocenters. The first-order valence-electron chi connectivity index (χ1n) is 2.28. The minimum Gasteiger partial charge on any atom is -0.133 e. The van der Waals surface area contributed by atoms with E-state index in [1.807, 2.05) is 5.41 Å². The van der Waals surface area contributed by atoms with Gasteiger partial charge in [0.2, 0.25) is 0 Å². The van der Waals surface area contributed by atoms with Gasteiger partial charge in [0.05, 0.1) is 0 Å². The molecule has 0 aromatic heterocycles. The summed E-state index contributed by atoms with van der Waals surface area (Å²) >= 11 is 6.98. The molecule has 0 bridgehead atoms. The van der Waals surface area contributed by atoms with Crippen molar-refractivity contribution in [3.63, 3.8) is 0 Å². The van der Waals surface area contributed by atoms with Gasteiger partial charge in [-0.25, -0.2) is 0 Å². The number of rotatable bonds is 3. The first-order chi connectivity index (χ1) is 3.41. The third-order valence-corrected chi connectivity index (χ3v) is 1.72. The van der Waals surface area contributed by atoms with E-state index in [-0.39, 0.29) is 0 Å². The molecule has 0 aliphatic heterocycles. The summed E-state index contributed by atoms with van der Waals surface area (Å²) < 4.78 is 0. The molecule has 0 atom stereocenters. The highest BCUT2D eigenvalue weighted by Crippen LogP contribution is 2.03. The predicted molar refractivity (Wildman–Crippen MR) is 37.7 cm³/mol. The summed E-state index contributed by atoms with van der Waals surface area (Å²) in [5.74, 6) is 1.17.